The first-order valence-corrected chi connectivity index (χ1v) is 4.00. The van der Waals surface area contributed by atoms with E-state index in [-0.39, 0.29) is 5.69 Å². The quantitative estimate of drug-likeness (QED) is 0.787. The van der Waals surface area contributed by atoms with Crippen LogP contribution in [0.3, 0.4) is 0 Å². The number of hydrogen-bond donors (Lipinski definition) is 1. The number of pyridine rings is 1. The van der Waals surface area contributed by atoms with E-state index in [4.69, 9.17) is 16.9 Å². The minimum absolute atomic E-state index is 0.350. The van der Waals surface area contributed by atoms with E-state index in [1.54, 1.807) is 0 Å². The van der Waals surface area contributed by atoms with Crippen molar-refractivity contribution in [2.24, 2.45) is 0 Å². The van der Waals surface area contributed by atoms with Crippen LogP contribution in [0.15, 0.2) is 10.9 Å². The zero-order valence-corrected chi connectivity index (χ0v) is 7.81. The van der Waals surface area contributed by atoms with E-state index in [0.717, 1.165) is 6.07 Å². The summed E-state index contributed by atoms with van der Waals surface area (Å²) in [4.78, 5) is 23.8. The average molecular weight is 233 g/mol. The van der Waals surface area contributed by atoms with Crippen LogP contribution in [0.1, 0.15) is 28.0 Å². The molecule has 0 radical (unpaired) electrons. The average Bonchev–Trinajstić information content (AvgIpc) is 2.15. The first-order valence-electron chi connectivity index (χ1n) is 3.62. The lowest BCUT2D eigenvalue weighted by molar-refractivity contribution is 0.106. The van der Waals surface area contributed by atoms with Crippen molar-refractivity contribution in [1.82, 2.24) is 4.98 Å². The molecule has 78 valence electrons. The van der Waals surface area contributed by atoms with E-state index >= 15 is 0 Å². The van der Waals surface area contributed by atoms with Gasteiger partial charge in [0.05, 0.1) is 0 Å². The van der Waals surface area contributed by atoms with Crippen LogP contribution in [-0.4, -0.2) is 10.2 Å². The molecular weight excluding hydrogens is 230 g/mol. The molecule has 0 aliphatic carbocycles. The topological polar surface area (TPSA) is 73.7 Å². The van der Waals surface area contributed by atoms with Gasteiger partial charge in [0.25, 0.3) is 17.2 Å². The smallest absolute Gasteiger partial charge is 0.264 e. The number of nitrogens with one attached hydrogen (secondary N) is 1. The van der Waals surface area contributed by atoms with Gasteiger partial charge < -0.3 is 4.98 Å². The third-order valence-corrected chi connectivity index (χ3v) is 1.80. The van der Waals surface area contributed by atoms with Gasteiger partial charge in [-0.2, -0.15) is 5.26 Å². The largest absolute Gasteiger partial charge is 0.313 e. The summed E-state index contributed by atoms with van der Waals surface area (Å²) >= 11 is 4.98. The summed E-state index contributed by atoms with van der Waals surface area (Å²) in [5, 5.41) is 7.13. The minimum atomic E-state index is -3.04. The van der Waals surface area contributed by atoms with E-state index in [2.05, 4.69) is 0 Å². The van der Waals surface area contributed by atoms with E-state index < -0.39 is 28.4 Å². The van der Waals surface area contributed by atoms with Gasteiger partial charge in [-0.15, -0.1) is 0 Å². The Kier molecular flexibility index (Phi) is 3.17. The molecule has 7 heteroatoms. The standard InChI is InChI=1S/C8H3ClF2N2O2/c9-6(14)5-4(7(10)11)1-3(2-12)13-8(5)15/h1,7H,(H,13,15). The van der Waals surface area contributed by atoms with Gasteiger partial charge in [-0.1, -0.05) is 0 Å². The number of H-pyrrole nitrogens is 1. The number of carbonyl (C=O) groups is 1. The van der Waals surface area contributed by atoms with Gasteiger partial charge in [0, 0.05) is 5.56 Å². The van der Waals surface area contributed by atoms with Gasteiger partial charge in [0.1, 0.15) is 17.3 Å². The van der Waals surface area contributed by atoms with E-state index in [9.17, 15) is 18.4 Å². The van der Waals surface area contributed by atoms with Crippen molar-refractivity contribution in [3.63, 3.8) is 0 Å². The molecule has 0 aliphatic heterocycles. The molecule has 0 aliphatic rings. The van der Waals surface area contributed by atoms with Crippen molar-refractivity contribution in [2.75, 3.05) is 0 Å². The van der Waals surface area contributed by atoms with Gasteiger partial charge in [-0.25, -0.2) is 8.78 Å². The van der Waals surface area contributed by atoms with Crippen LogP contribution in [-0.2, 0) is 0 Å². The predicted octanol–water partition coefficient (Wildman–Crippen LogP) is 1.56. The Labute approximate surface area is 87.1 Å². The summed E-state index contributed by atoms with van der Waals surface area (Å²) < 4.78 is 24.8. The molecule has 0 aromatic carbocycles. The monoisotopic (exact) mass is 232 g/mol. The fourth-order valence-corrected chi connectivity index (χ4v) is 1.21. The summed E-state index contributed by atoms with van der Waals surface area (Å²) in [6.45, 7) is 0. The van der Waals surface area contributed by atoms with E-state index in [0.29, 0.717) is 0 Å². The summed E-state index contributed by atoms with van der Waals surface area (Å²) in [7, 11) is 0. The van der Waals surface area contributed by atoms with Crippen LogP contribution in [0.25, 0.3) is 0 Å². The molecule has 0 fully saturated rings. The number of nitrogens with zero attached hydrogens (tertiary/aromatic N) is 1. The van der Waals surface area contributed by atoms with Crippen molar-refractivity contribution in [2.45, 2.75) is 6.43 Å². The molecule has 0 saturated heterocycles. The SMILES string of the molecule is N#Cc1cc(C(F)F)c(C(=O)Cl)c(=O)[nH]1. The Hall–Kier alpha value is -1.74. The van der Waals surface area contributed by atoms with Crippen LogP contribution >= 0.6 is 11.6 Å². The van der Waals surface area contributed by atoms with Gasteiger partial charge >= 0.3 is 0 Å². The van der Waals surface area contributed by atoms with Crippen molar-refractivity contribution in [3.8, 4) is 6.07 Å². The Morgan fingerprint density at radius 2 is 2.20 bits per heavy atom. The number of aromatic nitrogens is 1. The fraction of sp³-hybridized carbons (Fsp3) is 0.125. The van der Waals surface area contributed by atoms with Crippen molar-refractivity contribution >= 4 is 16.8 Å². The summed E-state index contributed by atoms with van der Waals surface area (Å²) in [6, 6.07) is 2.21. The van der Waals surface area contributed by atoms with Crippen LogP contribution in [0.5, 0.6) is 0 Å². The molecule has 0 amide bonds. The molecule has 1 aromatic rings. The van der Waals surface area contributed by atoms with Gasteiger partial charge in [0.15, 0.2) is 0 Å². The second-order valence-electron chi connectivity index (χ2n) is 2.53. The second kappa shape index (κ2) is 4.19. The highest BCUT2D eigenvalue weighted by Crippen LogP contribution is 2.22. The molecular formula is C8H3ClF2N2O2. The molecule has 0 atom stereocenters. The summed E-state index contributed by atoms with van der Waals surface area (Å²) in [5.41, 5.74) is -3.11. The molecule has 1 N–H and O–H groups in total. The molecule has 0 saturated carbocycles. The van der Waals surface area contributed by atoms with Gasteiger partial charge in [0.2, 0.25) is 0 Å². The number of carbonyl (C=O) groups excluding carboxylic acids is 1. The predicted molar refractivity (Wildman–Crippen MR) is 46.9 cm³/mol. The number of aromatic amines is 1. The second-order valence-corrected chi connectivity index (χ2v) is 2.87. The number of alkyl halides is 2. The van der Waals surface area contributed by atoms with Crippen LogP contribution in [0, 0.1) is 11.3 Å². The summed E-state index contributed by atoms with van der Waals surface area (Å²) in [5.74, 6) is 0. The lowest BCUT2D eigenvalue weighted by Gasteiger charge is -2.03. The maximum absolute atomic E-state index is 12.4. The minimum Gasteiger partial charge on any atom is -0.313 e. The summed E-state index contributed by atoms with van der Waals surface area (Å²) in [6.07, 6.45) is -3.04. The first-order chi connectivity index (χ1) is 6.97. The zero-order valence-electron chi connectivity index (χ0n) is 7.05. The first kappa shape index (κ1) is 11.3. The Balaban J connectivity index is 3.59. The fourth-order valence-electron chi connectivity index (χ4n) is 1.01. The molecule has 0 bridgehead atoms. The Morgan fingerprint density at radius 1 is 1.60 bits per heavy atom. The van der Waals surface area contributed by atoms with Crippen LogP contribution in [0.2, 0.25) is 0 Å². The third-order valence-electron chi connectivity index (χ3n) is 1.62. The van der Waals surface area contributed by atoms with Gasteiger partial charge in [-0.3, -0.25) is 9.59 Å². The Bertz CT molecular complexity index is 504. The highest BCUT2D eigenvalue weighted by atomic mass is 35.5. The number of hydrogen-bond acceptors (Lipinski definition) is 3. The van der Waals surface area contributed by atoms with Crippen molar-refractivity contribution < 1.29 is 13.6 Å². The van der Waals surface area contributed by atoms with Crippen molar-refractivity contribution in [1.29, 1.82) is 5.26 Å². The van der Waals surface area contributed by atoms with Crippen molar-refractivity contribution in [3.05, 3.63) is 33.2 Å². The maximum atomic E-state index is 12.4. The molecule has 4 nitrogen and oxygen atoms in total. The molecule has 15 heavy (non-hydrogen) atoms. The molecule has 1 heterocycles. The lowest BCUT2D eigenvalue weighted by Crippen LogP contribution is -2.19. The molecule has 1 rings (SSSR count). The lowest BCUT2D eigenvalue weighted by atomic mass is 10.1. The van der Waals surface area contributed by atoms with E-state index in [1.165, 1.54) is 6.07 Å². The number of halogens is 3. The van der Waals surface area contributed by atoms with Gasteiger partial charge in [-0.05, 0) is 17.7 Å². The molecule has 0 unspecified atom stereocenters. The maximum Gasteiger partial charge on any atom is 0.264 e. The zero-order chi connectivity index (χ0) is 11.6. The van der Waals surface area contributed by atoms with Crippen LogP contribution < -0.4 is 5.56 Å². The highest BCUT2D eigenvalue weighted by Gasteiger charge is 2.21. The molecule has 0 spiro atoms. The van der Waals surface area contributed by atoms with E-state index in [1.807, 2.05) is 4.98 Å². The number of rotatable bonds is 2. The Morgan fingerprint density at radius 3 is 2.60 bits per heavy atom. The normalized spacial score (nSPS) is 10.1. The van der Waals surface area contributed by atoms with Crippen LogP contribution in [0.4, 0.5) is 8.78 Å². The highest BCUT2D eigenvalue weighted by molar-refractivity contribution is 6.67. The molecule has 1 aromatic heterocycles. The number of nitriles is 1. The third kappa shape index (κ3) is 2.19.